The zero-order valence-electron chi connectivity index (χ0n) is 12.3. The summed E-state index contributed by atoms with van der Waals surface area (Å²) >= 11 is 0. The Morgan fingerprint density at radius 2 is 1.79 bits per heavy atom. The van der Waals surface area contributed by atoms with Gasteiger partial charge < -0.3 is 10.1 Å². The zero-order chi connectivity index (χ0) is 13.4. The number of hydrogen-bond acceptors (Lipinski definition) is 2. The monoisotopic (exact) mass is 259 g/mol. The summed E-state index contributed by atoms with van der Waals surface area (Å²) < 4.78 is 5.91. The van der Waals surface area contributed by atoms with E-state index in [0.717, 1.165) is 18.9 Å². The van der Waals surface area contributed by atoms with Crippen LogP contribution in [0.2, 0.25) is 0 Å². The summed E-state index contributed by atoms with van der Waals surface area (Å²) in [6, 6.07) is 7.79. The van der Waals surface area contributed by atoms with Gasteiger partial charge in [0.2, 0.25) is 0 Å². The van der Waals surface area contributed by atoms with E-state index in [1.165, 1.54) is 29.5 Å². The van der Waals surface area contributed by atoms with E-state index in [2.05, 4.69) is 44.3 Å². The first-order valence-electron chi connectivity index (χ1n) is 7.59. The number of hydrogen-bond donors (Lipinski definition) is 1. The van der Waals surface area contributed by atoms with Crippen LogP contribution in [0, 0.1) is 19.8 Å². The minimum absolute atomic E-state index is 0.409. The van der Waals surface area contributed by atoms with Crippen LogP contribution in [0.15, 0.2) is 18.2 Å². The van der Waals surface area contributed by atoms with Gasteiger partial charge in [0.05, 0.1) is 6.10 Å². The average Bonchev–Trinajstić information content (AvgIpc) is 3.09. The molecule has 0 radical (unpaired) electrons. The fourth-order valence-corrected chi connectivity index (χ4v) is 3.36. The van der Waals surface area contributed by atoms with Gasteiger partial charge in [-0.2, -0.15) is 0 Å². The molecule has 1 N–H and O–H groups in total. The topological polar surface area (TPSA) is 21.3 Å². The highest BCUT2D eigenvalue weighted by atomic mass is 16.5. The van der Waals surface area contributed by atoms with E-state index in [1.54, 1.807) is 0 Å². The van der Waals surface area contributed by atoms with Gasteiger partial charge in [-0.05, 0) is 51.5 Å². The van der Waals surface area contributed by atoms with Gasteiger partial charge >= 0.3 is 0 Å². The maximum Gasteiger partial charge on any atom is 0.0757 e. The predicted octanol–water partition coefficient (Wildman–Crippen LogP) is 3.52. The van der Waals surface area contributed by atoms with E-state index in [9.17, 15) is 0 Å². The third-order valence-electron chi connectivity index (χ3n) is 4.43. The lowest BCUT2D eigenvalue weighted by Crippen LogP contribution is -2.39. The summed E-state index contributed by atoms with van der Waals surface area (Å²) in [5.74, 6) is 0.825. The summed E-state index contributed by atoms with van der Waals surface area (Å²) in [5, 5.41) is 3.80. The largest absolute Gasteiger partial charge is 0.376 e. The van der Waals surface area contributed by atoms with E-state index < -0.39 is 0 Å². The number of aryl methyl sites for hydroxylation is 2. The summed E-state index contributed by atoms with van der Waals surface area (Å²) in [6.07, 6.45) is 4.35. The molecule has 1 saturated heterocycles. The Bertz CT molecular complexity index is 432. The SMILES string of the molecule is Cc1cc(C)cc(C(C)NC2CCOC2C2CC2)c1. The third-order valence-corrected chi connectivity index (χ3v) is 4.43. The van der Waals surface area contributed by atoms with Crippen LogP contribution in [0.4, 0.5) is 0 Å². The molecule has 1 aromatic rings. The fourth-order valence-electron chi connectivity index (χ4n) is 3.36. The molecule has 3 atom stereocenters. The van der Waals surface area contributed by atoms with E-state index in [1.807, 2.05) is 0 Å². The highest BCUT2D eigenvalue weighted by Gasteiger charge is 2.40. The van der Waals surface area contributed by atoms with E-state index in [0.29, 0.717) is 18.2 Å². The van der Waals surface area contributed by atoms with E-state index in [4.69, 9.17) is 4.74 Å². The fraction of sp³-hybridized carbons (Fsp3) is 0.647. The molecular formula is C17H25NO. The van der Waals surface area contributed by atoms with Crippen LogP contribution in [0.1, 0.15) is 48.9 Å². The van der Waals surface area contributed by atoms with Crippen LogP contribution in [-0.4, -0.2) is 18.8 Å². The van der Waals surface area contributed by atoms with Crippen molar-refractivity contribution in [1.82, 2.24) is 5.32 Å². The van der Waals surface area contributed by atoms with Crippen molar-refractivity contribution < 1.29 is 4.74 Å². The molecule has 19 heavy (non-hydrogen) atoms. The second-order valence-electron chi connectivity index (χ2n) is 6.38. The van der Waals surface area contributed by atoms with Crippen molar-refractivity contribution >= 4 is 0 Å². The first-order chi connectivity index (χ1) is 9.13. The predicted molar refractivity (Wildman–Crippen MR) is 78.3 cm³/mol. The normalized spacial score (nSPS) is 28.6. The van der Waals surface area contributed by atoms with Gasteiger partial charge in [-0.15, -0.1) is 0 Å². The van der Waals surface area contributed by atoms with Crippen LogP contribution in [0.25, 0.3) is 0 Å². The van der Waals surface area contributed by atoms with Gasteiger partial charge in [0.1, 0.15) is 0 Å². The van der Waals surface area contributed by atoms with Gasteiger partial charge in [0.25, 0.3) is 0 Å². The first kappa shape index (κ1) is 13.1. The quantitative estimate of drug-likeness (QED) is 0.893. The molecule has 2 heteroatoms. The van der Waals surface area contributed by atoms with Crippen molar-refractivity contribution in [3.05, 3.63) is 34.9 Å². The molecule has 1 aliphatic heterocycles. The van der Waals surface area contributed by atoms with Crippen LogP contribution >= 0.6 is 0 Å². The van der Waals surface area contributed by atoms with Crippen molar-refractivity contribution in [2.75, 3.05) is 6.61 Å². The second kappa shape index (κ2) is 5.26. The Kier molecular flexibility index (Phi) is 3.64. The van der Waals surface area contributed by atoms with Crippen LogP contribution in [0.3, 0.4) is 0 Å². The van der Waals surface area contributed by atoms with Crippen LogP contribution in [-0.2, 0) is 4.74 Å². The van der Waals surface area contributed by atoms with Crippen molar-refractivity contribution in [3.63, 3.8) is 0 Å². The minimum atomic E-state index is 0.409. The lowest BCUT2D eigenvalue weighted by molar-refractivity contribution is 0.0793. The molecule has 104 valence electrons. The Labute approximate surface area is 116 Å². The molecule has 3 rings (SSSR count). The Hall–Kier alpha value is -0.860. The average molecular weight is 259 g/mol. The standard InChI is InChI=1S/C17H25NO/c1-11-8-12(2)10-15(9-11)13(3)18-16-6-7-19-17(16)14-4-5-14/h8-10,13-14,16-18H,4-7H2,1-3H3. The molecular weight excluding hydrogens is 234 g/mol. The van der Waals surface area contributed by atoms with Crippen molar-refractivity contribution in [2.45, 2.75) is 58.2 Å². The highest BCUT2D eigenvalue weighted by Crippen LogP contribution is 2.39. The molecule has 2 fully saturated rings. The molecule has 0 aromatic heterocycles. The van der Waals surface area contributed by atoms with E-state index in [-0.39, 0.29) is 0 Å². The van der Waals surface area contributed by atoms with Crippen LogP contribution < -0.4 is 5.32 Å². The van der Waals surface area contributed by atoms with Crippen LogP contribution in [0.5, 0.6) is 0 Å². The maximum atomic E-state index is 5.91. The second-order valence-corrected chi connectivity index (χ2v) is 6.38. The molecule has 1 saturated carbocycles. The number of ether oxygens (including phenoxy) is 1. The molecule has 0 spiro atoms. The number of nitrogens with one attached hydrogen (secondary N) is 1. The van der Waals surface area contributed by atoms with Gasteiger partial charge in [-0.25, -0.2) is 0 Å². The van der Waals surface area contributed by atoms with Gasteiger partial charge in [-0.3, -0.25) is 0 Å². The Balaban J connectivity index is 1.68. The molecule has 3 unspecified atom stereocenters. The van der Waals surface area contributed by atoms with Gasteiger partial charge in [0.15, 0.2) is 0 Å². The van der Waals surface area contributed by atoms with Crippen molar-refractivity contribution in [1.29, 1.82) is 0 Å². The third kappa shape index (κ3) is 3.01. The van der Waals surface area contributed by atoms with E-state index >= 15 is 0 Å². The smallest absolute Gasteiger partial charge is 0.0757 e. The zero-order valence-corrected chi connectivity index (χ0v) is 12.3. The van der Waals surface area contributed by atoms with Crippen molar-refractivity contribution in [3.8, 4) is 0 Å². The molecule has 1 heterocycles. The lowest BCUT2D eigenvalue weighted by atomic mass is 9.99. The highest BCUT2D eigenvalue weighted by molar-refractivity contribution is 5.30. The summed E-state index contributed by atoms with van der Waals surface area (Å²) in [5.41, 5.74) is 4.11. The molecule has 0 amide bonds. The maximum absolute atomic E-state index is 5.91. The summed E-state index contributed by atoms with van der Waals surface area (Å²) in [6.45, 7) is 7.55. The molecule has 1 aliphatic carbocycles. The minimum Gasteiger partial charge on any atom is -0.376 e. The van der Waals surface area contributed by atoms with Gasteiger partial charge in [-0.1, -0.05) is 29.3 Å². The number of rotatable bonds is 4. The molecule has 1 aromatic carbocycles. The molecule has 2 aliphatic rings. The molecule has 0 bridgehead atoms. The number of benzene rings is 1. The Morgan fingerprint density at radius 3 is 2.42 bits per heavy atom. The van der Waals surface area contributed by atoms with Crippen molar-refractivity contribution in [2.24, 2.45) is 5.92 Å². The molecule has 2 nitrogen and oxygen atoms in total. The summed E-state index contributed by atoms with van der Waals surface area (Å²) in [4.78, 5) is 0. The Morgan fingerprint density at radius 1 is 1.11 bits per heavy atom. The summed E-state index contributed by atoms with van der Waals surface area (Å²) in [7, 11) is 0. The van der Waals surface area contributed by atoms with Gasteiger partial charge in [0, 0.05) is 18.7 Å². The first-order valence-corrected chi connectivity index (χ1v) is 7.59. The lowest BCUT2D eigenvalue weighted by Gasteiger charge is -2.24.